The van der Waals surface area contributed by atoms with Crippen LogP contribution >= 0.6 is 23.1 Å². The fourth-order valence-corrected chi connectivity index (χ4v) is 5.21. The van der Waals surface area contributed by atoms with Crippen molar-refractivity contribution in [3.8, 4) is 5.75 Å². The number of ether oxygens (including phenoxy) is 1. The van der Waals surface area contributed by atoms with Crippen LogP contribution in [0, 0.1) is 0 Å². The number of carbonyl (C=O) groups is 3. The smallest absolute Gasteiger partial charge is 0.273 e. The molecule has 188 valence electrons. The Hall–Kier alpha value is -3.63. The highest BCUT2D eigenvalue weighted by molar-refractivity contribution is 7.09. The molecule has 1 aromatic heterocycles. The second-order valence-electron chi connectivity index (χ2n) is 8.43. The zero-order valence-corrected chi connectivity index (χ0v) is 21.1. The number of amides is 3. The van der Waals surface area contributed by atoms with Crippen molar-refractivity contribution in [3.63, 3.8) is 0 Å². The van der Waals surface area contributed by atoms with E-state index >= 15 is 0 Å². The summed E-state index contributed by atoms with van der Waals surface area (Å²) in [5.74, 6) is -1.46. The Kier molecular flexibility index (Phi) is 7.76. The molecule has 5 N–H and O–H groups in total. The molecule has 1 aliphatic rings. The summed E-state index contributed by atoms with van der Waals surface area (Å²) in [6, 6.07) is 12.5. The first-order valence-corrected chi connectivity index (χ1v) is 12.5. The van der Waals surface area contributed by atoms with Gasteiger partial charge in [-0.05, 0) is 54.2 Å². The molecule has 9 nitrogen and oxygen atoms in total. The van der Waals surface area contributed by atoms with Crippen molar-refractivity contribution in [2.75, 3.05) is 17.7 Å². The van der Waals surface area contributed by atoms with Gasteiger partial charge in [0.2, 0.25) is 5.91 Å². The Balaban J connectivity index is 1.88. The van der Waals surface area contributed by atoms with Gasteiger partial charge in [0.25, 0.3) is 11.8 Å². The number of nitrogens with one attached hydrogen (secondary N) is 1. The third kappa shape index (κ3) is 5.14. The lowest BCUT2D eigenvalue weighted by atomic mass is 10.0. The Morgan fingerprint density at radius 1 is 1.14 bits per heavy atom. The maximum atomic E-state index is 14.1. The summed E-state index contributed by atoms with van der Waals surface area (Å²) >= 11 is 6.87. The van der Waals surface area contributed by atoms with Gasteiger partial charge in [0.1, 0.15) is 16.7 Å². The summed E-state index contributed by atoms with van der Waals surface area (Å²) in [5.41, 5.74) is 12.0. The number of rotatable bonds is 8. The summed E-state index contributed by atoms with van der Waals surface area (Å²) in [7, 11) is 1.48. The molecule has 1 fully saturated rings. The molecule has 3 amide bonds. The minimum atomic E-state index is -1.09. The number of nitrogen functional groups attached to an aromatic ring is 1. The molecule has 3 aromatic rings. The highest BCUT2D eigenvalue weighted by Gasteiger charge is 2.38. The molecule has 1 unspecified atom stereocenters. The quantitative estimate of drug-likeness (QED) is 0.405. The van der Waals surface area contributed by atoms with Crippen LogP contribution in [-0.2, 0) is 4.79 Å². The van der Waals surface area contributed by atoms with E-state index in [2.05, 4.69) is 9.69 Å². The monoisotopic (exact) mass is 527 g/mol. The molecule has 2 aromatic carbocycles. The summed E-state index contributed by atoms with van der Waals surface area (Å²) in [6.07, 6.45) is 3.79. The standard InChI is InChI=1S/C25H26ClN5O4S/c1-35-18-9-5-4-8-17(18)31(25(34)22-19(27)20(23(28)32)30-36-22)21(14-10-12-15(26)13-11-14)24(33)29-16-6-2-3-7-16/h4-5,8-13,16,21H,2-3,6-7,27H2,1H3,(H2,28,32)(H,29,33). The first-order valence-electron chi connectivity index (χ1n) is 11.4. The number of aromatic nitrogens is 1. The number of anilines is 2. The van der Waals surface area contributed by atoms with Crippen LogP contribution in [0.5, 0.6) is 5.75 Å². The molecule has 1 atom stereocenters. The molecule has 0 saturated heterocycles. The second-order valence-corrected chi connectivity index (χ2v) is 9.64. The van der Waals surface area contributed by atoms with E-state index in [0.717, 1.165) is 37.2 Å². The molecule has 4 rings (SSSR count). The van der Waals surface area contributed by atoms with Crippen molar-refractivity contribution in [1.29, 1.82) is 0 Å². The molecule has 0 bridgehead atoms. The summed E-state index contributed by atoms with van der Waals surface area (Å²) in [6.45, 7) is 0. The van der Waals surface area contributed by atoms with Gasteiger partial charge >= 0.3 is 0 Å². The van der Waals surface area contributed by atoms with Crippen LogP contribution in [0.3, 0.4) is 0 Å². The molecule has 11 heteroatoms. The lowest BCUT2D eigenvalue weighted by Gasteiger charge is -2.33. The predicted molar refractivity (Wildman–Crippen MR) is 139 cm³/mol. The molecular formula is C25H26ClN5O4S. The van der Waals surface area contributed by atoms with Crippen molar-refractivity contribution < 1.29 is 19.1 Å². The van der Waals surface area contributed by atoms with Gasteiger partial charge in [-0.3, -0.25) is 19.3 Å². The fourth-order valence-electron chi connectivity index (χ4n) is 4.35. The SMILES string of the molecule is COc1ccccc1N(C(=O)c1snc(C(N)=O)c1N)C(C(=O)NC1CCCC1)c1ccc(Cl)cc1. The highest BCUT2D eigenvalue weighted by atomic mass is 35.5. The summed E-state index contributed by atoms with van der Waals surface area (Å²) in [5, 5.41) is 3.59. The van der Waals surface area contributed by atoms with Gasteiger partial charge < -0.3 is 21.5 Å². The van der Waals surface area contributed by atoms with E-state index in [0.29, 0.717) is 22.0 Å². The van der Waals surface area contributed by atoms with E-state index in [4.69, 9.17) is 27.8 Å². The minimum absolute atomic E-state index is 0.0110. The average Bonchev–Trinajstić information content (AvgIpc) is 3.52. The van der Waals surface area contributed by atoms with Crippen LogP contribution in [0.2, 0.25) is 5.02 Å². The molecule has 1 aliphatic carbocycles. The topological polar surface area (TPSA) is 141 Å². The average molecular weight is 528 g/mol. The molecule has 1 saturated carbocycles. The number of nitrogens with zero attached hydrogens (tertiary/aromatic N) is 2. The third-order valence-electron chi connectivity index (χ3n) is 6.11. The maximum Gasteiger partial charge on any atom is 0.273 e. The zero-order chi connectivity index (χ0) is 25.8. The van der Waals surface area contributed by atoms with Crippen LogP contribution in [0.4, 0.5) is 11.4 Å². The van der Waals surface area contributed by atoms with Gasteiger partial charge in [0, 0.05) is 11.1 Å². The molecule has 0 spiro atoms. The van der Waals surface area contributed by atoms with Crippen LogP contribution in [0.1, 0.15) is 57.4 Å². The van der Waals surface area contributed by atoms with Gasteiger partial charge in [-0.25, -0.2) is 0 Å². The van der Waals surface area contributed by atoms with Crippen LogP contribution < -0.4 is 26.4 Å². The fraction of sp³-hybridized carbons (Fsp3) is 0.280. The van der Waals surface area contributed by atoms with Crippen LogP contribution in [-0.4, -0.2) is 35.2 Å². The molecule has 1 heterocycles. The first-order chi connectivity index (χ1) is 17.3. The number of methoxy groups -OCH3 is 1. The van der Waals surface area contributed by atoms with E-state index < -0.39 is 17.9 Å². The number of primary amides is 1. The number of hydrogen-bond acceptors (Lipinski definition) is 7. The van der Waals surface area contributed by atoms with E-state index in [1.54, 1.807) is 48.5 Å². The number of halogens is 1. The number of benzene rings is 2. The Morgan fingerprint density at radius 2 is 1.81 bits per heavy atom. The number of carbonyl (C=O) groups excluding carboxylic acids is 3. The van der Waals surface area contributed by atoms with Crippen molar-refractivity contribution in [2.24, 2.45) is 5.73 Å². The molecule has 36 heavy (non-hydrogen) atoms. The number of para-hydroxylation sites is 2. The van der Waals surface area contributed by atoms with Crippen molar-refractivity contribution in [2.45, 2.75) is 37.8 Å². The van der Waals surface area contributed by atoms with Crippen LogP contribution in [0.15, 0.2) is 48.5 Å². The normalized spacial score (nSPS) is 14.3. The highest BCUT2D eigenvalue weighted by Crippen LogP contribution is 2.38. The van der Waals surface area contributed by atoms with Crippen molar-refractivity contribution in [3.05, 3.63) is 69.7 Å². The molecule has 0 aliphatic heterocycles. The maximum absolute atomic E-state index is 14.1. The first kappa shape index (κ1) is 25.5. The van der Waals surface area contributed by atoms with Gasteiger partial charge in [0.05, 0.1) is 18.5 Å². The van der Waals surface area contributed by atoms with Crippen LogP contribution in [0.25, 0.3) is 0 Å². The lowest BCUT2D eigenvalue weighted by molar-refractivity contribution is -0.123. The van der Waals surface area contributed by atoms with E-state index in [1.165, 1.54) is 12.0 Å². The van der Waals surface area contributed by atoms with E-state index in [9.17, 15) is 14.4 Å². The van der Waals surface area contributed by atoms with Gasteiger partial charge in [0.15, 0.2) is 5.69 Å². The van der Waals surface area contributed by atoms with Gasteiger partial charge in [-0.2, -0.15) is 4.37 Å². The zero-order valence-electron chi connectivity index (χ0n) is 19.6. The van der Waals surface area contributed by atoms with E-state index in [1.807, 2.05) is 0 Å². The van der Waals surface area contributed by atoms with Crippen molar-refractivity contribution >= 4 is 52.2 Å². The minimum Gasteiger partial charge on any atom is -0.495 e. The summed E-state index contributed by atoms with van der Waals surface area (Å²) < 4.78 is 9.51. The van der Waals surface area contributed by atoms with Gasteiger partial charge in [-0.1, -0.05) is 48.7 Å². The Labute approximate surface area is 217 Å². The third-order valence-corrected chi connectivity index (χ3v) is 7.22. The Morgan fingerprint density at radius 3 is 2.42 bits per heavy atom. The predicted octanol–water partition coefficient (Wildman–Crippen LogP) is 3.93. The lowest BCUT2D eigenvalue weighted by Crippen LogP contribution is -2.46. The van der Waals surface area contributed by atoms with Gasteiger partial charge in [-0.15, -0.1) is 0 Å². The number of hydrogen-bond donors (Lipinski definition) is 3. The second kappa shape index (κ2) is 11.0. The largest absolute Gasteiger partial charge is 0.495 e. The summed E-state index contributed by atoms with van der Waals surface area (Å²) in [4.78, 5) is 41.0. The molecule has 0 radical (unpaired) electrons. The Bertz CT molecular complexity index is 1270. The number of nitrogens with two attached hydrogens (primary N) is 2. The van der Waals surface area contributed by atoms with E-state index in [-0.39, 0.29) is 28.2 Å². The van der Waals surface area contributed by atoms with Crippen molar-refractivity contribution in [1.82, 2.24) is 9.69 Å². The molecular weight excluding hydrogens is 502 g/mol.